The van der Waals surface area contributed by atoms with Crippen LogP contribution in [-0.2, 0) is 6.42 Å². The summed E-state index contributed by atoms with van der Waals surface area (Å²) >= 11 is 0. The lowest BCUT2D eigenvalue weighted by atomic mass is 9.98. The van der Waals surface area contributed by atoms with E-state index in [1.807, 2.05) is 0 Å². The van der Waals surface area contributed by atoms with Gasteiger partial charge in [0.25, 0.3) is 0 Å². The summed E-state index contributed by atoms with van der Waals surface area (Å²) < 4.78 is 59.5. The van der Waals surface area contributed by atoms with E-state index in [1.165, 1.54) is 13.2 Å². The van der Waals surface area contributed by atoms with Gasteiger partial charge in [0, 0.05) is 29.3 Å². The van der Waals surface area contributed by atoms with E-state index in [4.69, 9.17) is 10.5 Å². The summed E-state index contributed by atoms with van der Waals surface area (Å²) in [6, 6.07) is 4.04. The van der Waals surface area contributed by atoms with Gasteiger partial charge in [-0.05, 0) is 18.6 Å². The highest BCUT2D eigenvalue weighted by molar-refractivity contribution is 5.33. The number of rotatable bonds is 4. The fraction of sp³-hybridized carbons (Fsp3) is 0.200. The van der Waals surface area contributed by atoms with Crippen LogP contribution < -0.4 is 10.5 Å². The minimum absolute atomic E-state index is 0.00183. The van der Waals surface area contributed by atoms with Crippen LogP contribution in [0.4, 0.5) is 17.6 Å². The van der Waals surface area contributed by atoms with Crippen LogP contribution >= 0.6 is 0 Å². The molecule has 1 atom stereocenters. The van der Waals surface area contributed by atoms with Gasteiger partial charge in [-0.1, -0.05) is 6.07 Å². The second kappa shape index (κ2) is 6.13. The van der Waals surface area contributed by atoms with Gasteiger partial charge in [-0.25, -0.2) is 17.6 Å². The van der Waals surface area contributed by atoms with E-state index in [-0.39, 0.29) is 17.7 Å². The Morgan fingerprint density at radius 2 is 1.52 bits per heavy atom. The molecule has 0 amide bonds. The molecule has 0 heterocycles. The molecule has 2 nitrogen and oxygen atoms in total. The molecule has 6 heteroatoms. The Hall–Kier alpha value is -2.08. The van der Waals surface area contributed by atoms with Crippen molar-refractivity contribution in [3.8, 4) is 5.75 Å². The molecule has 21 heavy (non-hydrogen) atoms. The predicted molar refractivity (Wildman–Crippen MR) is 69.9 cm³/mol. The van der Waals surface area contributed by atoms with E-state index in [2.05, 4.69) is 0 Å². The van der Waals surface area contributed by atoms with Crippen molar-refractivity contribution in [3.63, 3.8) is 0 Å². The molecule has 2 N–H and O–H groups in total. The molecule has 0 radical (unpaired) electrons. The van der Waals surface area contributed by atoms with Crippen molar-refractivity contribution in [1.82, 2.24) is 0 Å². The summed E-state index contributed by atoms with van der Waals surface area (Å²) in [5, 5.41) is 0. The monoisotopic (exact) mass is 299 g/mol. The Kier molecular flexibility index (Phi) is 4.47. The molecule has 0 fully saturated rings. The van der Waals surface area contributed by atoms with Gasteiger partial charge in [0.1, 0.15) is 29.0 Å². The number of methoxy groups -OCH3 is 1. The number of hydrogen-bond donors (Lipinski definition) is 1. The van der Waals surface area contributed by atoms with Crippen molar-refractivity contribution >= 4 is 0 Å². The zero-order chi connectivity index (χ0) is 15.6. The third-order valence-corrected chi connectivity index (χ3v) is 3.14. The van der Waals surface area contributed by atoms with Crippen molar-refractivity contribution in [1.29, 1.82) is 0 Å². The number of hydrogen-bond acceptors (Lipinski definition) is 2. The summed E-state index contributed by atoms with van der Waals surface area (Å²) in [6.45, 7) is 0. The first-order valence-corrected chi connectivity index (χ1v) is 6.15. The first-order chi connectivity index (χ1) is 9.93. The lowest BCUT2D eigenvalue weighted by Gasteiger charge is -2.16. The molecule has 0 aromatic heterocycles. The van der Waals surface area contributed by atoms with Crippen LogP contribution in [0.3, 0.4) is 0 Å². The van der Waals surface area contributed by atoms with Gasteiger partial charge in [-0.15, -0.1) is 0 Å². The lowest BCUT2D eigenvalue weighted by Crippen LogP contribution is -2.18. The molecule has 0 aliphatic heterocycles. The second-order valence-electron chi connectivity index (χ2n) is 4.52. The van der Waals surface area contributed by atoms with Crippen LogP contribution in [0.25, 0.3) is 0 Å². The molecular formula is C15H13F4NO. The van der Waals surface area contributed by atoms with E-state index in [0.29, 0.717) is 0 Å². The van der Waals surface area contributed by atoms with Crippen LogP contribution in [0, 0.1) is 23.3 Å². The first kappa shape index (κ1) is 15.3. The van der Waals surface area contributed by atoms with Gasteiger partial charge in [0.2, 0.25) is 0 Å². The van der Waals surface area contributed by atoms with Crippen LogP contribution in [0.5, 0.6) is 5.75 Å². The van der Waals surface area contributed by atoms with E-state index in [0.717, 1.165) is 24.3 Å². The lowest BCUT2D eigenvalue weighted by molar-refractivity contribution is 0.403. The standard InChI is InChI=1S/C15H13F4NO/c1-21-8-5-12(18)15(13(19)6-8)14(20)7-9-10(16)3-2-4-11(9)17/h2-6,14H,7,20H2,1H3. The van der Waals surface area contributed by atoms with E-state index in [1.54, 1.807) is 0 Å². The highest BCUT2D eigenvalue weighted by atomic mass is 19.1. The van der Waals surface area contributed by atoms with E-state index >= 15 is 0 Å². The van der Waals surface area contributed by atoms with Crippen molar-refractivity contribution in [2.75, 3.05) is 7.11 Å². The minimum Gasteiger partial charge on any atom is -0.497 e. The number of halogens is 4. The summed E-state index contributed by atoms with van der Waals surface area (Å²) in [6.07, 6.45) is -0.362. The van der Waals surface area contributed by atoms with Crippen LogP contribution in [0.15, 0.2) is 30.3 Å². The Labute approximate surface area is 119 Å². The number of ether oxygens (including phenoxy) is 1. The first-order valence-electron chi connectivity index (χ1n) is 6.15. The molecule has 2 aromatic rings. The van der Waals surface area contributed by atoms with E-state index in [9.17, 15) is 17.6 Å². The molecule has 0 aliphatic carbocycles. The molecule has 0 saturated carbocycles. The molecule has 0 aliphatic rings. The van der Waals surface area contributed by atoms with Crippen molar-refractivity contribution in [3.05, 3.63) is 64.7 Å². The average Bonchev–Trinajstić information content (AvgIpc) is 2.42. The molecule has 0 spiro atoms. The van der Waals surface area contributed by atoms with Crippen molar-refractivity contribution in [2.45, 2.75) is 12.5 Å². The quantitative estimate of drug-likeness (QED) is 0.877. The Morgan fingerprint density at radius 1 is 1.00 bits per heavy atom. The zero-order valence-corrected chi connectivity index (χ0v) is 11.2. The van der Waals surface area contributed by atoms with Crippen LogP contribution in [0.2, 0.25) is 0 Å². The SMILES string of the molecule is COc1cc(F)c(C(N)Cc2c(F)cccc2F)c(F)c1. The third-order valence-electron chi connectivity index (χ3n) is 3.14. The van der Waals surface area contributed by atoms with Gasteiger partial charge < -0.3 is 10.5 Å². The highest BCUT2D eigenvalue weighted by Crippen LogP contribution is 2.27. The van der Waals surface area contributed by atoms with Gasteiger partial charge in [0.05, 0.1) is 7.11 Å². The molecule has 0 bridgehead atoms. The molecule has 2 aromatic carbocycles. The Balaban J connectivity index is 2.35. The normalized spacial score (nSPS) is 12.3. The summed E-state index contributed by atoms with van der Waals surface area (Å²) in [5.74, 6) is -3.45. The molecule has 0 saturated heterocycles. The van der Waals surface area contributed by atoms with Crippen molar-refractivity contribution < 1.29 is 22.3 Å². The Bertz CT molecular complexity index is 617. The van der Waals surface area contributed by atoms with Crippen molar-refractivity contribution in [2.24, 2.45) is 5.73 Å². The maximum atomic E-state index is 13.9. The molecular weight excluding hydrogens is 286 g/mol. The Morgan fingerprint density at radius 3 is 2.00 bits per heavy atom. The third kappa shape index (κ3) is 3.16. The molecule has 1 unspecified atom stereocenters. The fourth-order valence-electron chi connectivity index (χ4n) is 2.08. The van der Waals surface area contributed by atoms with Crippen LogP contribution in [-0.4, -0.2) is 7.11 Å². The largest absolute Gasteiger partial charge is 0.497 e. The summed E-state index contributed by atoms with van der Waals surface area (Å²) in [5.41, 5.74) is 4.97. The van der Waals surface area contributed by atoms with E-state index < -0.39 is 34.9 Å². The topological polar surface area (TPSA) is 35.2 Å². The van der Waals surface area contributed by atoms with Gasteiger partial charge in [-0.2, -0.15) is 0 Å². The summed E-state index contributed by atoms with van der Waals surface area (Å²) in [7, 11) is 1.27. The number of nitrogens with two attached hydrogens (primary N) is 1. The fourth-order valence-corrected chi connectivity index (χ4v) is 2.08. The van der Waals surface area contributed by atoms with Gasteiger partial charge in [0.15, 0.2) is 0 Å². The predicted octanol–water partition coefficient (Wildman–Crippen LogP) is 3.49. The second-order valence-corrected chi connectivity index (χ2v) is 4.52. The maximum absolute atomic E-state index is 13.9. The molecule has 2 rings (SSSR count). The number of benzene rings is 2. The summed E-state index contributed by atoms with van der Waals surface area (Å²) in [4.78, 5) is 0. The molecule has 112 valence electrons. The van der Waals surface area contributed by atoms with Crippen LogP contribution in [0.1, 0.15) is 17.2 Å². The zero-order valence-electron chi connectivity index (χ0n) is 11.2. The highest BCUT2D eigenvalue weighted by Gasteiger charge is 2.21. The van der Waals surface area contributed by atoms with Gasteiger partial charge >= 0.3 is 0 Å². The average molecular weight is 299 g/mol. The van der Waals surface area contributed by atoms with Gasteiger partial charge in [-0.3, -0.25) is 0 Å². The smallest absolute Gasteiger partial charge is 0.134 e. The maximum Gasteiger partial charge on any atom is 0.134 e. The minimum atomic E-state index is -1.22.